The lowest BCUT2D eigenvalue weighted by Gasteiger charge is -2.30. The van der Waals surface area contributed by atoms with Gasteiger partial charge in [-0.3, -0.25) is 4.90 Å². The van der Waals surface area contributed by atoms with Crippen molar-refractivity contribution in [3.8, 4) is 0 Å². The fourth-order valence-corrected chi connectivity index (χ4v) is 2.41. The molecule has 2 nitrogen and oxygen atoms in total. The molecule has 2 heteroatoms. The minimum absolute atomic E-state index is 0.691. The molecule has 0 amide bonds. The van der Waals surface area contributed by atoms with E-state index in [1.165, 1.54) is 31.4 Å². The second-order valence-electron chi connectivity index (χ2n) is 4.69. The van der Waals surface area contributed by atoms with Crippen LogP contribution >= 0.6 is 0 Å². The van der Waals surface area contributed by atoms with Gasteiger partial charge < -0.3 is 5.73 Å². The molecule has 0 saturated heterocycles. The minimum Gasteiger partial charge on any atom is -0.399 e. The van der Waals surface area contributed by atoms with Gasteiger partial charge in [-0.25, -0.2) is 0 Å². The lowest BCUT2D eigenvalue weighted by atomic mass is 10.1. The molecule has 0 atom stereocenters. The Kier molecular flexibility index (Phi) is 6.06. The van der Waals surface area contributed by atoms with Crippen LogP contribution in [-0.4, -0.2) is 17.5 Å². The van der Waals surface area contributed by atoms with Crippen LogP contribution in [0.2, 0.25) is 0 Å². The number of hydrogen-bond donors (Lipinski definition) is 1. The van der Waals surface area contributed by atoms with Crippen molar-refractivity contribution in [1.29, 1.82) is 0 Å². The van der Waals surface area contributed by atoms with Crippen LogP contribution in [0.3, 0.4) is 0 Å². The highest BCUT2D eigenvalue weighted by atomic mass is 15.1. The highest BCUT2D eigenvalue weighted by molar-refractivity contribution is 5.40. The Labute approximate surface area is 106 Å². The van der Waals surface area contributed by atoms with Gasteiger partial charge in [-0.1, -0.05) is 32.9 Å². The highest BCUT2D eigenvalue weighted by Gasteiger charge is 2.14. The molecule has 0 aliphatic rings. The van der Waals surface area contributed by atoms with Gasteiger partial charge in [-0.05, 0) is 43.5 Å². The summed E-state index contributed by atoms with van der Waals surface area (Å²) in [5, 5.41) is 0. The number of benzene rings is 1. The van der Waals surface area contributed by atoms with E-state index in [1.807, 2.05) is 12.1 Å². The topological polar surface area (TPSA) is 29.3 Å². The Morgan fingerprint density at radius 1 is 1.18 bits per heavy atom. The lowest BCUT2D eigenvalue weighted by Crippen LogP contribution is -2.34. The SMILES string of the molecule is CCCN(Cc1cccc(N)c1)C(CC)CC. The molecule has 0 aromatic heterocycles. The quantitative estimate of drug-likeness (QED) is 0.729. The van der Waals surface area contributed by atoms with E-state index in [9.17, 15) is 0 Å². The normalized spacial score (nSPS) is 11.4. The maximum atomic E-state index is 5.83. The van der Waals surface area contributed by atoms with Crippen molar-refractivity contribution < 1.29 is 0 Å². The molecular formula is C15H26N2. The van der Waals surface area contributed by atoms with E-state index in [4.69, 9.17) is 5.73 Å². The third-order valence-corrected chi connectivity index (χ3v) is 3.31. The first-order valence-corrected chi connectivity index (χ1v) is 6.79. The molecule has 2 N–H and O–H groups in total. The second kappa shape index (κ2) is 7.33. The van der Waals surface area contributed by atoms with E-state index in [-0.39, 0.29) is 0 Å². The van der Waals surface area contributed by atoms with Crippen LogP contribution < -0.4 is 5.73 Å². The van der Waals surface area contributed by atoms with Crippen molar-refractivity contribution in [2.75, 3.05) is 12.3 Å². The zero-order valence-electron chi connectivity index (χ0n) is 11.4. The first-order valence-electron chi connectivity index (χ1n) is 6.79. The summed E-state index contributed by atoms with van der Waals surface area (Å²) in [6.45, 7) is 8.98. The van der Waals surface area contributed by atoms with Crippen LogP contribution in [0, 0.1) is 0 Å². The molecule has 96 valence electrons. The predicted octanol–water partition coefficient (Wildman–Crippen LogP) is 3.67. The Balaban J connectivity index is 2.71. The number of nitrogens with zero attached hydrogens (tertiary/aromatic N) is 1. The average Bonchev–Trinajstić information content (AvgIpc) is 2.31. The summed E-state index contributed by atoms with van der Waals surface area (Å²) in [5.74, 6) is 0. The fraction of sp³-hybridized carbons (Fsp3) is 0.600. The third kappa shape index (κ3) is 4.39. The molecule has 0 bridgehead atoms. The highest BCUT2D eigenvalue weighted by Crippen LogP contribution is 2.15. The molecule has 0 aliphatic heterocycles. The fourth-order valence-electron chi connectivity index (χ4n) is 2.41. The van der Waals surface area contributed by atoms with Gasteiger partial charge in [0.05, 0.1) is 0 Å². The van der Waals surface area contributed by atoms with Crippen LogP contribution in [0.4, 0.5) is 5.69 Å². The van der Waals surface area contributed by atoms with Gasteiger partial charge in [0.15, 0.2) is 0 Å². The number of nitrogens with two attached hydrogens (primary N) is 1. The standard InChI is InChI=1S/C15H26N2/c1-4-10-17(15(5-2)6-3)12-13-8-7-9-14(16)11-13/h7-9,11,15H,4-6,10,12,16H2,1-3H3. The predicted molar refractivity (Wildman–Crippen MR) is 75.9 cm³/mol. The Hall–Kier alpha value is -1.02. The summed E-state index contributed by atoms with van der Waals surface area (Å²) in [5.41, 5.74) is 8.02. The average molecular weight is 234 g/mol. The van der Waals surface area contributed by atoms with Gasteiger partial charge in [0.1, 0.15) is 0 Å². The minimum atomic E-state index is 0.691. The summed E-state index contributed by atoms with van der Waals surface area (Å²) in [7, 11) is 0. The molecule has 1 aromatic carbocycles. The van der Waals surface area contributed by atoms with E-state index < -0.39 is 0 Å². The van der Waals surface area contributed by atoms with Crippen molar-refractivity contribution in [3.05, 3.63) is 29.8 Å². The first kappa shape index (κ1) is 14.0. The maximum Gasteiger partial charge on any atom is 0.0317 e. The zero-order valence-corrected chi connectivity index (χ0v) is 11.4. The molecule has 0 fully saturated rings. The van der Waals surface area contributed by atoms with Crippen LogP contribution in [0.1, 0.15) is 45.6 Å². The first-order chi connectivity index (χ1) is 8.21. The molecule has 0 radical (unpaired) electrons. The number of hydrogen-bond acceptors (Lipinski definition) is 2. The van der Waals surface area contributed by atoms with Crippen molar-refractivity contribution in [2.24, 2.45) is 0 Å². The van der Waals surface area contributed by atoms with Crippen LogP contribution in [-0.2, 0) is 6.54 Å². The molecule has 0 aliphatic carbocycles. The van der Waals surface area contributed by atoms with Crippen molar-refractivity contribution in [1.82, 2.24) is 4.90 Å². The van der Waals surface area contributed by atoms with Crippen molar-refractivity contribution in [2.45, 2.75) is 52.6 Å². The number of nitrogen functional groups attached to an aromatic ring is 1. The van der Waals surface area contributed by atoms with E-state index in [2.05, 4.69) is 37.8 Å². The second-order valence-corrected chi connectivity index (χ2v) is 4.69. The molecule has 1 rings (SSSR count). The van der Waals surface area contributed by atoms with Gasteiger partial charge in [-0.15, -0.1) is 0 Å². The smallest absolute Gasteiger partial charge is 0.0317 e. The number of anilines is 1. The summed E-state index contributed by atoms with van der Waals surface area (Å²) in [4.78, 5) is 2.58. The molecule has 0 spiro atoms. The molecule has 17 heavy (non-hydrogen) atoms. The van der Waals surface area contributed by atoms with E-state index in [0.717, 1.165) is 12.2 Å². The van der Waals surface area contributed by atoms with Gasteiger partial charge in [0.25, 0.3) is 0 Å². The lowest BCUT2D eigenvalue weighted by molar-refractivity contribution is 0.177. The van der Waals surface area contributed by atoms with E-state index in [0.29, 0.717) is 6.04 Å². The van der Waals surface area contributed by atoms with Gasteiger partial charge in [0.2, 0.25) is 0 Å². The van der Waals surface area contributed by atoms with Crippen LogP contribution in [0.5, 0.6) is 0 Å². The van der Waals surface area contributed by atoms with E-state index in [1.54, 1.807) is 0 Å². The molecular weight excluding hydrogens is 208 g/mol. The molecule has 0 unspecified atom stereocenters. The van der Waals surface area contributed by atoms with Crippen molar-refractivity contribution in [3.63, 3.8) is 0 Å². The van der Waals surface area contributed by atoms with Crippen LogP contribution in [0.25, 0.3) is 0 Å². The van der Waals surface area contributed by atoms with Gasteiger partial charge in [-0.2, -0.15) is 0 Å². The maximum absolute atomic E-state index is 5.83. The Morgan fingerprint density at radius 3 is 2.41 bits per heavy atom. The largest absolute Gasteiger partial charge is 0.399 e. The van der Waals surface area contributed by atoms with E-state index >= 15 is 0 Å². The Morgan fingerprint density at radius 2 is 1.88 bits per heavy atom. The summed E-state index contributed by atoms with van der Waals surface area (Å²) in [6, 6.07) is 8.94. The summed E-state index contributed by atoms with van der Waals surface area (Å²) >= 11 is 0. The molecule has 0 heterocycles. The van der Waals surface area contributed by atoms with Gasteiger partial charge in [0, 0.05) is 18.3 Å². The summed E-state index contributed by atoms with van der Waals surface area (Å²) < 4.78 is 0. The number of rotatable bonds is 7. The monoisotopic (exact) mass is 234 g/mol. The summed E-state index contributed by atoms with van der Waals surface area (Å²) in [6.07, 6.45) is 3.65. The Bertz CT molecular complexity index is 318. The molecule has 0 saturated carbocycles. The molecule has 1 aromatic rings. The zero-order chi connectivity index (χ0) is 12.7. The van der Waals surface area contributed by atoms with Gasteiger partial charge >= 0.3 is 0 Å². The van der Waals surface area contributed by atoms with Crippen molar-refractivity contribution >= 4 is 5.69 Å². The third-order valence-electron chi connectivity index (χ3n) is 3.31. The van der Waals surface area contributed by atoms with Crippen LogP contribution in [0.15, 0.2) is 24.3 Å².